The molecule has 0 spiro atoms. The summed E-state index contributed by atoms with van der Waals surface area (Å²) in [5.41, 5.74) is 2.18. The molecule has 24 heavy (non-hydrogen) atoms. The highest BCUT2D eigenvalue weighted by atomic mass is 35.5. The van der Waals surface area contributed by atoms with E-state index in [4.69, 9.17) is 16.3 Å². The minimum atomic E-state index is -0.148. The van der Waals surface area contributed by atoms with Crippen LogP contribution >= 0.6 is 11.6 Å². The van der Waals surface area contributed by atoms with Crippen molar-refractivity contribution in [3.63, 3.8) is 0 Å². The van der Waals surface area contributed by atoms with Crippen LogP contribution in [0.5, 0.6) is 5.75 Å². The molecule has 128 valence electrons. The Morgan fingerprint density at radius 3 is 2.71 bits per heavy atom. The topological polar surface area (TPSA) is 50.4 Å². The number of carbonyl (C=O) groups is 1. The van der Waals surface area contributed by atoms with E-state index in [1.807, 2.05) is 48.5 Å². The Morgan fingerprint density at radius 2 is 2.00 bits per heavy atom. The smallest absolute Gasteiger partial charge is 0.257 e. The molecular weight excluding hydrogens is 324 g/mol. The molecule has 4 nitrogen and oxygen atoms in total. The molecule has 0 fully saturated rings. The molecule has 2 rings (SSSR count). The summed E-state index contributed by atoms with van der Waals surface area (Å²) < 4.78 is 5.67. The zero-order valence-electron chi connectivity index (χ0n) is 14.0. The van der Waals surface area contributed by atoms with Gasteiger partial charge >= 0.3 is 0 Å². The van der Waals surface area contributed by atoms with E-state index in [1.54, 1.807) is 7.05 Å². The first-order chi connectivity index (χ1) is 11.6. The molecule has 0 unspecified atom stereocenters. The SMILES string of the molecule is CC[C@H](NCc1cccc(Cl)c1)c1ccccc1OCC(=O)NC. The van der Waals surface area contributed by atoms with E-state index in [1.165, 1.54) is 0 Å². The van der Waals surface area contributed by atoms with Crippen LogP contribution in [0.2, 0.25) is 5.02 Å². The maximum absolute atomic E-state index is 11.4. The van der Waals surface area contributed by atoms with E-state index in [-0.39, 0.29) is 18.6 Å². The fraction of sp³-hybridized carbons (Fsp3) is 0.316. The first-order valence-electron chi connectivity index (χ1n) is 8.04. The Bertz CT molecular complexity index is 676. The minimum Gasteiger partial charge on any atom is -0.483 e. The van der Waals surface area contributed by atoms with Gasteiger partial charge in [0.25, 0.3) is 5.91 Å². The Morgan fingerprint density at radius 1 is 1.21 bits per heavy atom. The van der Waals surface area contributed by atoms with Crippen LogP contribution < -0.4 is 15.4 Å². The molecule has 0 saturated heterocycles. The summed E-state index contributed by atoms with van der Waals surface area (Å²) in [5, 5.41) is 6.82. The number of carbonyl (C=O) groups excluding carboxylic acids is 1. The molecule has 0 aliphatic carbocycles. The maximum Gasteiger partial charge on any atom is 0.257 e. The molecule has 1 atom stereocenters. The van der Waals surface area contributed by atoms with Crippen molar-refractivity contribution in [3.05, 3.63) is 64.7 Å². The van der Waals surface area contributed by atoms with Crippen LogP contribution in [-0.2, 0) is 11.3 Å². The Balaban J connectivity index is 2.07. The number of para-hydroxylation sites is 1. The van der Waals surface area contributed by atoms with Gasteiger partial charge in [-0.3, -0.25) is 4.79 Å². The molecular formula is C19H23ClN2O2. The molecule has 1 amide bonds. The number of ether oxygens (including phenoxy) is 1. The second-order valence-corrected chi connectivity index (χ2v) is 5.91. The Kier molecular flexibility index (Phi) is 7.09. The van der Waals surface area contributed by atoms with E-state index >= 15 is 0 Å². The van der Waals surface area contributed by atoms with Gasteiger partial charge in [-0.15, -0.1) is 0 Å². The number of likely N-dealkylation sites (N-methyl/N-ethyl adjacent to an activating group) is 1. The number of hydrogen-bond acceptors (Lipinski definition) is 3. The third-order valence-corrected chi connectivity index (χ3v) is 4.02. The molecule has 0 aromatic heterocycles. The van der Waals surface area contributed by atoms with Gasteiger partial charge in [0.15, 0.2) is 6.61 Å². The van der Waals surface area contributed by atoms with Gasteiger partial charge in [-0.05, 0) is 30.2 Å². The number of halogens is 1. The fourth-order valence-corrected chi connectivity index (χ4v) is 2.69. The van der Waals surface area contributed by atoms with Crippen LogP contribution in [0.15, 0.2) is 48.5 Å². The normalized spacial score (nSPS) is 11.8. The van der Waals surface area contributed by atoms with Gasteiger partial charge < -0.3 is 15.4 Å². The van der Waals surface area contributed by atoms with Gasteiger partial charge in [0, 0.05) is 30.2 Å². The maximum atomic E-state index is 11.4. The highest BCUT2D eigenvalue weighted by Gasteiger charge is 2.14. The lowest BCUT2D eigenvalue weighted by Crippen LogP contribution is -2.26. The third-order valence-electron chi connectivity index (χ3n) is 3.78. The van der Waals surface area contributed by atoms with Gasteiger partial charge in [0.2, 0.25) is 0 Å². The lowest BCUT2D eigenvalue weighted by Gasteiger charge is -2.21. The summed E-state index contributed by atoms with van der Waals surface area (Å²) in [7, 11) is 1.60. The minimum absolute atomic E-state index is 0.0121. The summed E-state index contributed by atoms with van der Waals surface area (Å²) in [4.78, 5) is 11.4. The van der Waals surface area contributed by atoms with Crippen molar-refractivity contribution in [2.24, 2.45) is 0 Å². The van der Waals surface area contributed by atoms with E-state index < -0.39 is 0 Å². The molecule has 0 saturated carbocycles. The number of hydrogen-bond donors (Lipinski definition) is 2. The van der Waals surface area contributed by atoms with Gasteiger partial charge in [-0.2, -0.15) is 0 Å². The van der Waals surface area contributed by atoms with Crippen LogP contribution in [0.3, 0.4) is 0 Å². The molecule has 2 aromatic rings. The van der Waals surface area contributed by atoms with E-state index in [2.05, 4.69) is 17.6 Å². The van der Waals surface area contributed by atoms with E-state index in [9.17, 15) is 4.79 Å². The monoisotopic (exact) mass is 346 g/mol. The molecule has 0 bridgehead atoms. The van der Waals surface area contributed by atoms with E-state index in [0.29, 0.717) is 6.54 Å². The summed E-state index contributed by atoms with van der Waals surface area (Å²) in [6.45, 7) is 2.84. The zero-order valence-corrected chi connectivity index (χ0v) is 14.8. The molecule has 0 aliphatic rings. The third kappa shape index (κ3) is 5.25. The van der Waals surface area contributed by atoms with Crippen LogP contribution in [0, 0.1) is 0 Å². The first-order valence-corrected chi connectivity index (χ1v) is 8.42. The summed E-state index contributed by atoms with van der Waals surface area (Å²) >= 11 is 6.04. The highest BCUT2D eigenvalue weighted by Crippen LogP contribution is 2.27. The zero-order chi connectivity index (χ0) is 17.4. The average molecular weight is 347 g/mol. The quantitative estimate of drug-likeness (QED) is 0.766. The standard InChI is InChI=1S/C19H23ClN2O2/c1-3-17(22-12-14-7-6-8-15(20)11-14)16-9-4-5-10-18(16)24-13-19(23)21-2/h4-11,17,22H,3,12-13H2,1-2H3,(H,21,23)/t17-/m0/s1. The number of benzene rings is 2. The summed E-state index contributed by atoms with van der Waals surface area (Å²) in [5.74, 6) is 0.580. The lowest BCUT2D eigenvalue weighted by molar-refractivity contribution is -0.122. The molecule has 2 aromatic carbocycles. The van der Waals surface area contributed by atoms with Gasteiger partial charge in [0.05, 0.1) is 0 Å². The Labute approximate surface area is 148 Å². The summed E-state index contributed by atoms with van der Waals surface area (Å²) in [6, 6.07) is 15.7. The number of nitrogens with one attached hydrogen (secondary N) is 2. The van der Waals surface area contributed by atoms with Crippen LogP contribution in [0.25, 0.3) is 0 Å². The van der Waals surface area contributed by atoms with Gasteiger partial charge in [-0.1, -0.05) is 48.9 Å². The van der Waals surface area contributed by atoms with Crippen molar-refractivity contribution < 1.29 is 9.53 Å². The van der Waals surface area contributed by atoms with Crippen molar-refractivity contribution in [2.75, 3.05) is 13.7 Å². The highest BCUT2D eigenvalue weighted by molar-refractivity contribution is 6.30. The lowest BCUT2D eigenvalue weighted by atomic mass is 10.0. The van der Waals surface area contributed by atoms with Crippen LogP contribution in [-0.4, -0.2) is 19.6 Å². The van der Waals surface area contributed by atoms with Crippen LogP contribution in [0.4, 0.5) is 0 Å². The van der Waals surface area contributed by atoms with Crippen molar-refractivity contribution in [2.45, 2.75) is 25.9 Å². The molecule has 0 aliphatic heterocycles. The first kappa shape index (κ1) is 18.3. The molecule has 5 heteroatoms. The van der Waals surface area contributed by atoms with Gasteiger partial charge in [-0.25, -0.2) is 0 Å². The predicted molar refractivity (Wildman–Crippen MR) is 97.3 cm³/mol. The Hall–Kier alpha value is -2.04. The fourth-order valence-electron chi connectivity index (χ4n) is 2.48. The number of rotatable bonds is 8. The largest absolute Gasteiger partial charge is 0.483 e. The molecule has 0 heterocycles. The second kappa shape index (κ2) is 9.30. The summed E-state index contributed by atoms with van der Waals surface area (Å²) in [6.07, 6.45) is 0.904. The average Bonchev–Trinajstić information content (AvgIpc) is 2.61. The van der Waals surface area contributed by atoms with Crippen molar-refractivity contribution >= 4 is 17.5 Å². The second-order valence-electron chi connectivity index (χ2n) is 5.47. The van der Waals surface area contributed by atoms with E-state index in [0.717, 1.165) is 28.3 Å². The van der Waals surface area contributed by atoms with Crippen LogP contribution in [0.1, 0.15) is 30.5 Å². The molecule has 0 radical (unpaired) electrons. The predicted octanol–water partition coefficient (Wildman–Crippen LogP) is 3.71. The van der Waals surface area contributed by atoms with Crippen molar-refractivity contribution in [1.29, 1.82) is 0 Å². The molecule has 2 N–H and O–H groups in total. The van der Waals surface area contributed by atoms with Gasteiger partial charge in [0.1, 0.15) is 5.75 Å². The van der Waals surface area contributed by atoms with Crippen molar-refractivity contribution in [3.8, 4) is 5.75 Å². The number of amides is 1. The van der Waals surface area contributed by atoms with Crippen molar-refractivity contribution in [1.82, 2.24) is 10.6 Å².